The van der Waals surface area contributed by atoms with E-state index < -0.39 is 6.04 Å². The summed E-state index contributed by atoms with van der Waals surface area (Å²) in [7, 11) is 3.17. The normalized spacial score (nSPS) is 12.1. The molecule has 106 valence electrons. The van der Waals surface area contributed by atoms with Gasteiger partial charge in [-0.2, -0.15) is 0 Å². The van der Waals surface area contributed by atoms with Crippen LogP contribution in [0.5, 0.6) is 11.5 Å². The fourth-order valence-electron chi connectivity index (χ4n) is 1.97. The van der Waals surface area contributed by atoms with Crippen molar-refractivity contribution in [2.24, 2.45) is 5.73 Å². The molecule has 2 aromatic rings. The first-order valence-electron chi connectivity index (χ1n) is 5.99. The van der Waals surface area contributed by atoms with Gasteiger partial charge >= 0.3 is 0 Å². The molecule has 0 heterocycles. The summed E-state index contributed by atoms with van der Waals surface area (Å²) in [5, 5.41) is 0. The first-order valence-corrected chi connectivity index (χ1v) is 6.78. The van der Waals surface area contributed by atoms with Crippen LogP contribution in [0.2, 0.25) is 0 Å². The van der Waals surface area contributed by atoms with Crippen molar-refractivity contribution in [3.8, 4) is 11.5 Å². The average Bonchev–Trinajstić information content (AvgIpc) is 2.48. The van der Waals surface area contributed by atoms with Gasteiger partial charge in [0, 0.05) is 5.56 Å². The Balaban J connectivity index is 2.45. The number of rotatable bonds is 4. The second-order valence-corrected chi connectivity index (χ2v) is 5.11. The van der Waals surface area contributed by atoms with Gasteiger partial charge in [-0.15, -0.1) is 0 Å². The maximum atomic E-state index is 13.3. The summed E-state index contributed by atoms with van der Waals surface area (Å²) in [6.45, 7) is 0. The van der Waals surface area contributed by atoms with Crippen molar-refractivity contribution in [1.82, 2.24) is 0 Å². The van der Waals surface area contributed by atoms with Crippen LogP contribution in [0, 0.1) is 5.82 Å². The second kappa shape index (κ2) is 6.24. The largest absolute Gasteiger partial charge is 0.497 e. The molecule has 2 aromatic carbocycles. The molecule has 0 bridgehead atoms. The van der Waals surface area contributed by atoms with Crippen molar-refractivity contribution in [2.75, 3.05) is 14.2 Å². The van der Waals surface area contributed by atoms with Crippen LogP contribution in [-0.4, -0.2) is 14.2 Å². The molecule has 0 amide bonds. The van der Waals surface area contributed by atoms with Crippen molar-refractivity contribution < 1.29 is 13.9 Å². The minimum absolute atomic E-state index is 0.321. The highest BCUT2D eigenvalue weighted by Crippen LogP contribution is 2.32. The summed E-state index contributed by atoms with van der Waals surface area (Å²) in [4.78, 5) is 0. The van der Waals surface area contributed by atoms with Gasteiger partial charge in [0.05, 0.1) is 24.7 Å². The smallest absolute Gasteiger partial charge is 0.137 e. The number of nitrogens with two attached hydrogens (primary N) is 1. The highest BCUT2D eigenvalue weighted by Gasteiger charge is 2.16. The molecule has 0 aliphatic rings. The highest BCUT2D eigenvalue weighted by atomic mass is 79.9. The molecule has 0 aromatic heterocycles. The Morgan fingerprint density at radius 2 is 1.85 bits per heavy atom. The Kier molecular flexibility index (Phi) is 4.62. The summed E-state index contributed by atoms with van der Waals surface area (Å²) in [6.07, 6.45) is 0. The van der Waals surface area contributed by atoms with Crippen LogP contribution in [0.4, 0.5) is 4.39 Å². The SMILES string of the molecule is COc1ccc(OC)c(C(N)c2ccc(F)c(Br)c2)c1. The molecule has 1 atom stereocenters. The zero-order valence-electron chi connectivity index (χ0n) is 11.2. The Bertz CT molecular complexity index is 619. The van der Waals surface area contributed by atoms with E-state index in [9.17, 15) is 4.39 Å². The molecule has 3 nitrogen and oxygen atoms in total. The lowest BCUT2D eigenvalue weighted by Crippen LogP contribution is -2.13. The van der Waals surface area contributed by atoms with E-state index in [0.29, 0.717) is 16.0 Å². The van der Waals surface area contributed by atoms with Gasteiger partial charge in [0.1, 0.15) is 17.3 Å². The van der Waals surface area contributed by atoms with Gasteiger partial charge in [0.2, 0.25) is 0 Å². The molecule has 0 saturated carbocycles. The highest BCUT2D eigenvalue weighted by molar-refractivity contribution is 9.10. The van der Waals surface area contributed by atoms with Crippen LogP contribution >= 0.6 is 15.9 Å². The third kappa shape index (κ3) is 2.94. The summed E-state index contributed by atoms with van der Waals surface area (Å²) >= 11 is 3.16. The van der Waals surface area contributed by atoms with Gasteiger partial charge < -0.3 is 15.2 Å². The molecule has 2 rings (SSSR count). The zero-order valence-corrected chi connectivity index (χ0v) is 12.8. The number of halogens is 2. The molecule has 0 fully saturated rings. The van der Waals surface area contributed by atoms with E-state index in [0.717, 1.165) is 11.1 Å². The van der Waals surface area contributed by atoms with Gasteiger partial charge in [-0.3, -0.25) is 0 Å². The third-order valence-electron chi connectivity index (χ3n) is 3.07. The van der Waals surface area contributed by atoms with E-state index in [1.807, 2.05) is 6.07 Å². The van der Waals surface area contributed by atoms with E-state index in [1.165, 1.54) is 6.07 Å². The lowest BCUT2D eigenvalue weighted by molar-refractivity contribution is 0.397. The van der Waals surface area contributed by atoms with Crippen LogP contribution in [0.15, 0.2) is 40.9 Å². The lowest BCUT2D eigenvalue weighted by Gasteiger charge is -2.17. The standard InChI is InChI=1S/C15H15BrFNO2/c1-19-10-4-6-14(20-2)11(8-10)15(18)9-3-5-13(17)12(16)7-9/h3-8,15H,18H2,1-2H3. The Morgan fingerprint density at radius 3 is 2.45 bits per heavy atom. The van der Waals surface area contributed by atoms with E-state index in [4.69, 9.17) is 15.2 Å². The van der Waals surface area contributed by atoms with Crippen LogP contribution in [0.25, 0.3) is 0 Å². The molecular weight excluding hydrogens is 325 g/mol. The molecule has 0 aliphatic carbocycles. The van der Waals surface area contributed by atoms with E-state index >= 15 is 0 Å². The molecule has 20 heavy (non-hydrogen) atoms. The molecular formula is C15H15BrFNO2. The van der Waals surface area contributed by atoms with Crippen molar-refractivity contribution in [1.29, 1.82) is 0 Å². The molecule has 0 aliphatic heterocycles. The predicted octanol–water partition coefficient (Wildman–Crippen LogP) is 3.65. The zero-order chi connectivity index (χ0) is 14.7. The van der Waals surface area contributed by atoms with E-state index in [2.05, 4.69) is 15.9 Å². The molecule has 0 saturated heterocycles. The number of hydrogen-bond donors (Lipinski definition) is 1. The van der Waals surface area contributed by atoms with Gasteiger partial charge in [-0.05, 0) is 51.8 Å². The monoisotopic (exact) mass is 339 g/mol. The van der Waals surface area contributed by atoms with Crippen LogP contribution < -0.4 is 15.2 Å². The average molecular weight is 340 g/mol. The number of ether oxygens (including phenoxy) is 2. The van der Waals surface area contributed by atoms with Crippen molar-refractivity contribution in [3.05, 3.63) is 57.8 Å². The molecule has 0 spiro atoms. The third-order valence-corrected chi connectivity index (χ3v) is 3.68. The van der Waals surface area contributed by atoms with Crippen LogP contribution in [0.3, 0.4) is 0 Å². The summed E-state index contributed by atoms with van der Waals surface area (Å²) in [5.41, 5.74) is 7.82. The minimum Gasteiger partial charge on any atom is -0.497 e. The minimum atomic E-state index is -0.433. The quantitative estimate of drug-likeness (QED) is 0.924. The fraction of sp³-hybridized carbons (Fsp3) is 0.200. The van der Waals surface area contributed by atoms with E-state index in [-0.39, 0.29) is 5.82 Å². The number of benzene rings is 2. The summed E-state index contributed by atoms with van der Waals surface area (Å²) < 4.78 is 24.2. The van der Waals surface area contributed by atoms with Crippen molar-refractivity contribution >= 4 is 15.9 Å². The van der Waals surface area contributed by atoms with Crippen molar-refractivity contribution in [3.63, 3.8) is 0 Å². The first-order chi connectivity index (χ1) is 9.56. The van der Waals surface area contributed by atoms with Gasteiger partial charge in [0.25, 0.3) is 0 Å². The van der Waals surface area contributed by atoms with Gasteiger partial charge in [-0.25, -0.2) is 4.39 Å². The number of methoxy groups -OCH3 is 2. The molecule has 5 heteroatoms. The first kappa shape index (κ1) is 14.8. The Morgan fingerprint density at radius 1 is 1.10 bits per heavy atom. The maximum absolute atomic E-state index is 13.3. The fourth-order valence-corrected chi connectivity index (χ4v) is 2.36. The molecule has 2 N–H and O–H groups in total. The lowest BCUT2D eigenvalue weighted by atomic mass is 9.98. The topological polar surface area (TPSA) is 44.5 Å². The number of hydrogen-bond acceptors (Lipinski definition) is 3. The second-order valence-electron chi connectivity index (χ2n) is 4.26. The summed E-state index contributed by atoms with van der Waals surface area (Å²) in [5.74, 6) is 1.04. The van der Waals surface area contributed by atoms with Crippen molar-refractivity contribution in [2.45, 2.75) is 6.04 Å². The van der Waals surface area contributed by atoms with Gasteiger partial charge in [-0.1, -0.05) is 6.07 Å². The molecule has 0 radical (unpaired) electrons. The summed E-state index contributed by atoms with van der Waals surface area (Å²) in [6, 6.07) is 9.69. The predicted molar refractivity (Wildman–Crippen MR) is 79.7 cm³/mol. The Labute approximate surface area is 125 Å². The van der Waals surface area contributed by atoms with Gasteiger partial charge in [0.15, 0.2) is 0 Å². The Hall–Kier alpha value is -1.59. The van der Waals surface area contributed by atoms with Crippen LogP contribution in [0.1, 0.15) is 17.2 Å². The maximum Gasteiger partial charge on any atom is 0.137 e. The molecule has 1 unspecified atom stereocenters. The van der Waals surface area contributed by atoms with E-state index in [1.54, 1.807) is 38.5 Å². The van der Waals surface area contributed by atoms with Crippen LogP contribution in [-0.2, 0) is 0 Å².